The van der Waals surface area contributed by atoms with Gasteiger partial charge in [-0.1, -0.05) is 41.4 Å². The highest BCUT2D eigenvalue weighted by Crippen LogP contribution is 2.39. The van der Waals surface area contributed by atoms with Crippen molar-refractivity contribution >= 4 is 46.6 Å². The summed E-state index contributed by atoms with van der Waals surface area (Å²) in [5, 5.41) is 3.65. The smallest absolute Gasteiger partial charge is 0.253 e. The number of hydrogen-bond acceptors (Lipinski definition) is 5. The lowest BCUT2D eigenvalue weighted by atomic mass is 9.85. The molecule has 1 N–H and O–H groups in total. The van der Waals surface area contributed by atoms with Gasteiger partial charge in [0.2, 0.25) is 5.91 Å². The highest BCUT2D eigenvalue weighted by Gasteiger charge is 2.54. The predicted octanol–water partition coefficient (Wildman–Crippen LogP) is 3.43. The Morgan fingerprint density at radius 3 is 2.36 bits per heavy atom. The van der Waals surface area contributed by atoms with Crippen molar-refractivity contribution in [3.05, 3.63) is 64.1 Å². The maximum absolute atomic E-state index is 13.8. The van der Waals surface area contributed by atoms with E-state index in [0.717, 1.165) is 5.69 Å². The molecule has 36 heavy (non-hydrogen) atoms. The van der Waals surface area contributed by atoms with Crippen molar-refractivity contribution in [2.45, 2.75) is 24.8 Å². The third kappa shape index (κ3) is 5.61. The molecule has 0 atom stereocenters. The number of anilines is 1. The fourth-order valence-electron chi connectivity index (χ4n) is 4.94. The van der Waals surface area contributed by atoms with Crippen LogP contribution in [-0.4, -0.2) is 79.6 Å². The van der Waals surface area contributed by atoms with Crippen molar-refractivity contribution in [3.63, 3.8) is 0 Å². The molecule has 2 saturated heterocycles. The third-order valence-electron chi connectivity index (χ3n) is 6.75. The molecule has 2 fully saturated rings. The molecule has 4 rings (SSSR count). The molecule has 1 spiro atoms. The molecule has 0 radical (unpaired) electrons. The summed E-state index contributed by atoms with van der Waals surface area (Å²) in [7, 11) is 1.62. The van der Waals surface area contributed by atoms with Crippen molar-refractivity contribution in [3.8, 4) is 0 Å². The minimum absolute atomic E-state index is 0.0133. The Balaban J connectivity index is 1.49. The second-order valence-electron chi connectivity index (χ2n) is 9.09. The normalized spacial score (nSPS) is 17.1. The van der Waals surface area contributed by atoms with Crippen molar-refractivity contribution in [2.75, 3.05) is 51.5 Å². The van der Waals surface area contributed by atoms with Gasteiger partial charge in [0.05, 0.1) is 6.67 Å². The highest BCUT2D eigenvalue weighted by atomic mass is 35.5. The van der Waals surface area contributed by atoms with Crippen LogP contribution in [0.1, 0.15) is 29.6 Å². The Morgan fingerprint density at radius 1 is 1.06 bits per heavy atom. The van der Waals surface area contributed by atoms with Gasteiger partial charge in [-0.25, -0.2) is 0 Å². The number of nitrogens with zero attached hydrogens (tertiary/aromatic N) is 3. The summed E-state index contributed by atoms with van der Waals surface area (Å²) in [5.41, 5.74) is 0.517. The van der Waals surface area contributed by atoms with E-state index in [9.17, 15) is 14.4 Å². The number of nitrogens with one attached hydrogen (secondary N) is 1. The van der Waals surface area contributed by atoms with E-state index in [-0.39, 0.29) is 24.3 Å². The first-order valence-corrected chi connectivity index (χ1v) is 12.7. The van der Waals surface area contributed by atoms with Crippen LogP contribution in [0.2, 0.25) is 10.0 Å². The molecule has 192 valence electrons. The molecular formula is C26H30Cl2N4O4. The molecular weight excluding hydrogens is 503 g/mol. The number of methoxy groups -OCH3 is 1. The number of ether oxygens (including phenoxy) is 1. The first kappa shape index (κ1) is 26.3. The summed E-state index contributed by atoms with van der Waals surface area (Å²) in [4.78, 5) is 44.8. The predicted molar refractivity (Wildman–Crippen MR) is 139 cm³/mol. The van der Waals surface area contributed by atoms with E-state index in [0.29, 0.717) is 67.8 Å². The molecule has 2 heterocycles. The van der Waals surface area contributed by atoms with Crippen molar-refractivity contribution in [1.82, 2.24) is 15.1 Å². The van der Waals surface area contributed by atoms with E-state index in [1.54, 1.807) is 35.1 Å². The lowest BCUT2D eigenvalue weighted by molar-refractivity contribution is -0.137. The molecule has 0 unspecified atom stereocenters. The zero-order valence-corrected chi connectivity index (χ0v) is 21.7. The summed E-state index contributed by atoms with van der Waals surface area (Å²) in [6, 6.07) is 14.5. The molecule has 2 aliphatic heterocycles. The van der Waals surface area contributed by atoms with Crippen LogP contribution in [0.3, 0.4) is 0 Å². The van der Waals surface area contributed by atoms with Gasteiger partial charge in [-0.05, 0) is 49.6 Å². The van der Waals surface area contributed by atoms with Crippen LogP contribution in [0, 0.1) is 0 Å². The van der Waals surface area contributed by atoms with E-state index in [4.69, 9.17) is 27.9 Å². The summed E-state index contributed by atoms with van der Waals surface area (Å²) < 4.78 is 5.01. The number of rotatable bonds is 8. The molecule has 10 heteroatoms. The van der Waals surface area contributed by atoms with Gasteiger partial charge in [0.15, 0.2) is 0 Å². The zero-order valence-electron chi connectivity index (χ0n) is 20.2. The highest BCUT2D eigenvalue weighted by molar-refractivity contribution is 6.35. The number of likely N-dealkylation sites (tertiary alicyclic amines) is 1. The Bertz CT molecular complexity index is 1090. The molecule has 0 aromatic heterocycles. The lowest BCUT2D eigenvalue weighted by Gasteiger charge is -2.43. The van der Waals surface area contributed by atoms with Crippen LogP contribution in [0.15, 0.2) is 48.5 Å². The average molecular weight is 533 g/mol. The number of halogens is 2. The third-order valence-corrected chi connectivity index (χ3v) is 7.19. The largest absolute Gasteiger partial charge is 0.385 e. The SMILES string of the molecule is COCCCNC(=O)CN1CN(c2ccccc2)C2(CCN(C(=O)c3cc(Cl)cc(Cl)c3)CC2)C1=O. The summed E-state index contributed by atoms with van der Waals surface area (Å²) in [6.45, 7) is 2.15. The van der Waals surface area contributed by atoms with E-state index >= 15 is 0 Å². The number of carbonyl (C=O) groups excluding carboxylic acids is 3. The monoisotopic (exact) mass is 532 g/mol. The summed E-state index contributed by atoms with van der Waals surface area (Å²) >= 11 is 12.2. The quantitative estimate of drug-likeness (QED) is 0.526. The number of hydrogen-bond donors (Lipinski definition) is 1. The van der Waals surface area contributed by atoms with Crippen LogP contribution in [0.4, 0.5) is 5.69 Å². The van der Waals surface area contributed by atoms with Gasteiger partial charge >= 0.3 is 0 Å². The summed E-state index contributed by atoms with van der Waals surface area (Å²) in [5.74, 6) is -0.454. The number of amides is 3. The Kier molecular flexibility index (Phi) is 8.39. The topological polar surface area (TPSA) is 82.2 Å². The van der Waals surface area contributed by atoms with Crippen molar-refractivity contribution < 1.29 is 19.1 Å². The molecule has 2 aromatic carbocycles. The van der Waals surface area contributed by atoms with Gasteiger partial charge in [-0.3, -0.25) is 14.4 Å². The molecule has 3 amide bonds. The van der Waals surface area contributed by atoms with Gasteiger partial charge < -0.3 is 24.8 Å². The Morgan fingerprint density at radius 2 is 1.72 bits per heavy atom. The zero-order chi connectivity index (χ0) is 25.7. The first-order chi connectivity index (χ1) is 17.3. The van der Waals surface area contributed by atoms with Crippen LogP contribution in [-0.2, 0) is 14.3 Å². The number of para-hydroxylation sites is 1. The molecule has 0 aliphatic carbocycles. The number of carbonyl (C=O) groups is 3. The fraction of sp³-hybridized carbons (Fsp3) is 0.423. The van der Waals surface area contributed by atoms with Crippen LogP contribution in [0.5, 0.6) is 0 Å². The maximum Gasteiger partial charge on any atom is 0.253 e. The van der Waals surface area contributed by atoms with Crippen molar-refractivity contribution in [2.24, 2.45) is 0 Å². The maximum atomic E-state index is 13.8. The van der Waals surface area contributed by atoms with Gasteiger partial charge in [-0.2, -0.15) is 0 Å². The van der Waals surface area contributed by atoms with Gasteiger partial charge in [0.25, 0.3) is 11.8 Å². The molecule has 8 nitrogen and oxygen atoms in total. The molecule has 2 aliphatic rings. The Labute approximate surface area is 221 Å². The number of piperidine rings is 1. The second kappa shape index (κ2) is 11.5. The van der Waals surface area contributed by atoms with Crippen LogP contribution >= 0.6 is 23.2 Å². The minimum atomic E-state index is -0.819. The molecule has 2 aromatic rings. The van der Waals surface area contributed by atoms with E-state index in [1.807, 2.05) is 30.3 Å². The average Bonchev–Trinajstić information content (AvgIpc) is 3.12. The van der Waals surface area contributed by atoms with Gasteiger partial charge in [-0.15, -0.1) is 0 Å². The molecule has 0 bridgehead atoms. The van der Waals surface area contributed by atoms with Crippen molar-refractivity contribution in [1.29, 1.82) is 0 Å². The minimum Gasteiger partial charge on any atom is -0.385 e. The second-order valence-corrected chi connectivity index (χ2v) is 9.96. The van der Waals surface area contributed by atoms with E-state index in [1.165, 1.54) is 0 Å². The van der Waals surface area contributed by atoms with Crippen LogP contribution < -0.4 is 10.2 Å². The van der Waals surface area contributed by atoms with Gasteiger partial charge in [0, 0.05) is 54.6 Å². The van der Waals surface area contributed by atoms with Crippen LogP contribution in [0.25, 0.3) is 0 Å². The summed E-state index contributed by atoms with van der Waals surface area (Å²) in [6.07, 6.45) is 1.61. The Hall–Kier alpha value is -2.81. The standard InChI is InChI=1S/C26H30Cl2N4O4/c1-36-13-5-10-29-23(33)17-31-18-32(22-6-3-2-4-7-22)26(25(31)35)8-11-30(12-9-26)24(34)19-14-20(27)16-21(28)15-19/h2-4,6-7,14-16H,5,8-13,17-18H2,1H3,(H,29,33). The molecule has 0 saturated carbocycles. The fourth-order valence-corrected chi connectivity index (χ4v) is 5.46. The van der Waals surface area contributed by atoms with E-state index in [2.05, 4.69) is 10.2 Å². The van der Waals surface area contributed by atoms with Gasteiger partial charge in [0.1, 0.15) is 12.1 Å². The number of benzene rings is 2. The first-order valence-electron chi connectivity index (χ1n) is 12.0. The van der Waals surface area contributed by atoms with E-state index < -0.39 is 5.54 Å². The lowest BCUT2D eigenvalue weighted by Crippen LogP contribution is -2.57.